The highest BCUT2D eigenvalue weighted by atomic mass is 35.5. The number of amides is 2. The Balaban J connectivity index is 0.00000220. The van der Waals surface area contributed by atoms with Crippen LogP contribution >= 0.6 is 12.4 Å². The summed E-state index contributed by atoms with van der Waals surface area (Å²) >= 11 is 0. The van der Waals surface area contributed by atoms with Crippen LogP contribution in [0.4, 0.5) is 11.4 Å². The molecule has 0 aliphatic carbocycles. The Kier molecular flexibility index (Phi) is 6.65. The lowest BCUT2D eigenvalue weighted by Gasteiger charge is -2.14. The van der Waals surface area contributed by atoms with E-state index in [1.165, 1.54) is 6.92 Å². The molecule has 1 fully saturated rings. The summed E-state index contributed by atoms with van der Waals surface area (Å²) in [5.41, 5.74) is 2.33. The predicted octanol–water partition coefficient (Wildman–Crippen LogP) is 2.46. The van der Waals surface area contributed by atoms with Crippen LogP contribution in [0.15, 0.2) is 18.2 Å². The van der Waals surface area contributed by atoms with Gasteiger partial charge in [0.15, 0.2) is 0 Å². The summed E-state index contributed by atoms with van der Waals surface area (Å²) in [5.74, 6) is -0.177. The summed E-state index contributed by atoms with van der Waals surface area (Å²) in [5, 5.41) is 8.92. The number of aryl methyl sites for hydroxylation is 1. The summed E-state index contributed by atoms with van der Waals surface area (Å²) in [6.07, 6.45) is 2.63. The molecule has 0 spiro atoms. The van der Waals surface area contributed by atoms with Crippen LogP contribution < -0.4 is 16.0 Å². The molecule has 0 saturated carbocycles. The van der Waals surface area contributed by atoms with Gasteiger partial charge in [0.05, 0.1) is 11.4 Å². The van der Waals surface area contributed by atoms with E-state index < -0.39 is 0 Å². The SMILES string of the molecule is CC(=O)Nc1ccc(C)cc1NC(=O)CC1CCCN1.Cl. The van der Waals surface area contributed by atoms with Crippen LogP contribution in [0.3, 0.4) is 0 Å². The Bertz CT molecular complexity index is 514. The number of carbonyl (C=O) groups is 2. The standard InChI is InChI=1S/C15H21N3O2.ClH/c1-10-5-6-13(17-11(2)19)14(8-10)18-15(20)9-12-4-3-7-16-12;/h5-6,8,12,16H,3-4,7,9H2,1-2H3,(H,17,19)(H,18,20);1H. The Morgan fingerprint density at radius 2 is 2.05 bits per heavy atom. The van der Waals surface area contributed by atoms with Crippen LogP contribution in [-0.2, 0) is 9.59 Å². The Morgan fingerprint density at radius 3 is 2.67 bits per heavy atom. The van der Waals surface area contributed by atoms with Gasteiger partial charge in [-0.3, -0.25) is 9.59 Å². The molecule has 21 heavy (non-hydrogen) atoms. The minimum Gasteiger partial charge on any atom is -0.325 e. The number of hydrogen-bond acceptors (Lipinski definition) is 3. The number of carbonyl (C=O) groups excluding carboxylic acids is 2. The Hall–Kier alpha value is -1.59. The normalized spacial score (nSPS) is 17.0. The molecule has 1 aliphatic rings. The van der Waals surface area contributed by atoms with E-state index >= 15 is 0 Å². The average Bonchev–Trinajstić information content (AvgIpc) is 2.84. The van der Waals surface area contributed by atoms with Crippen molar-refractivity contribution in [1.29, 1.82) is 0 Å². The molecule has 1 aromatic rings. The van der Waals surface area contributed by atoms with Crippen LogP contribution in [-0.4, -0.2) is 24.4 Å². The second kappa shape index (κ2) is 8.00. The molecule has 5 nitrogen and oxygen atoms in total. The number of halogens is 1. The fourth-order valence-electron chi connectivity index (χ4n) is 2.42. The minimum absolute atomic E-state index is 0. The summed E-state index contributed by atoms with van der Waals surface area (Å²) < 4.78 is 0. The molecule has 116 valence electrons. The van der Waals surface area contributed by atoms with Gasteiger partial charge in [-0.2, -0.15) is 0 Å². The number of anilines is 2. The predicted molar refractivity (Wildman–Crippen MR) is 87.0 cm³/mol. The first-order chi connectivity index (χ1) is 9.54. The summed E-state index contributed by atoms with van der Waals surface area (Å²) in [6, 6.07) is 5.84. The fraction of sp³-hybridized carbons (Fsp3) is 0.467. The van der Waals surface area contributed by atoms with Crippen molar-refractivity contribution in [2.24, 2.45) is 0 Å². The monoisotopic (exact) mass is 311 g/mol. The molecular formula is C15H22ClN3O2. The molecule has 2 amide bonds. The largest absolute Gasteiger partial charge is 0.325 e. The first-order valence-electron chi connectivity index (χ1n) is 6.96. The summed E-state index contributed by atoms with van der Waals surface area (Å²) in [4.78, 5) is 23.2. The number of nitrogens with one attached hydrogen (secondary N) is 3. The molecular weight excluding hydrogens is 290 g/mol. The van der Waals surface area contributed by atoms with Crippen LogP contribution in [0.5, 0.6) is 0 Å². The van der Waals surface area contributed by atoms with E-state index in [1.54, 1.807) is 6.07 Å². The maximum Gasteiger partial charge on any atom is 0.225 e. The van der Waals surface area contributed by atoms with Crippen LogP contribution in [0, 0.1) is 6.92 Å². The van der Waals surface area contributed by atoms with Gasteiger partial charge in [0.1, 0.15) is 0 Å². The molecule has 2 rings (SSSR count). The van der Waals surface area contributed by atoms with E-state index in [4.69, 9.17) is 0 Å². The van der Waals surface area contributed by atoms with Gasteiger partial charge in [-0.15, -0.1) is 12.4 Å². The van der Waals surface area contributed by atoms with Gasteiger partial charge in [0, 0.05) is 19.4 Å². The zero-order valence-electron chi connectivity index (χ0n) is 12.4. The highest BCUT2D eigenvalue weighted by Gasteiger charge is 2.18. The second-order valence-electron chi connectivity index (χ2n) is 5.28. The third kappa shape index (κ3) is 5.36. The highest BCUT2D eigenvalue weighted by Crippen LogP contribution is 2.23. The third-order valence-electron chi connectivity index (χ3n) is 3.35. The van der Waals surface area contributed by atoms with Gasteiger partial charge in [-0.05, 0) is 44.0 Å². The molecule has 1 aliphatic heterocycles. The van der Waals surface area contributed by atoms with Crippen LogP contribution in [0.25, 0.3) is 0 Å². The zero-order chi connectivity index (χ0) is 14.5. The fourth-order valence-corrected chi connectivity index (χ4v) is 2.42. The molecule has 1 unspecified atom stereocenters. The van der Waals surface area contributed by atoms with Gasteiger partial charge < -0.3 is 16.0 Å². The maximum atomic E-state index is 12.1. The van der Waals surface area contributed by atoms with Crippen molar-refractivity contribution in [3.63, 3.8) is 0 Å². The molecule has 3 N–H and O–H groups in total. The van der Waals surface area contributed by atoms with Crippen molar-refractivity contribution in [3.8, 4) is 0 Å². The van der Waals surface area contributed by atoms with Gasteiger partial charge >= 0.3 is 0 Å². The molecule has 1 saturated heterocycles. The average molecular weight is 312 g/mol. The molecule has 1 atom stereocenters. The van der Waals surface area contributed by atoms with Crippen molar-refractivity contribution in [2.45, 2.75) is 39.2 Å². The number of rotatable bonds is 4. The van der Waals surface area contributed by atoms with E-state index in [-0.39, 0.29) is 30.3 Å². The summed E-state index contributed by atoms with van der Waals surface area (Å²) in [7, 11) is 0. The lowest BCUT2D eigenvalue weighted by molar-refractivity contribution is -0.117. The molecule has 0 aromatic heterocycles. The van der Waals surface area contributed by atoms with Crippen LogP contribution in [0.2, 0.25) is 0 Å². The Morgan fingerprint density at radius 1 is 1.29 bits per heavy atom. The maximum absolute atomic E-state index is 12.1. The number of hydrogen-bond donors (Lipinski definition) is 3. The molecule has 6 heteroatoms. The highest BCUT2D eigenvalue weighted by molar-refractivity contribution is 5.99. The van der Waals surface area contributed by atoms with Crippen molar-refractivity contribution in [1.82, 2.24) is 5.32 Å². The molecule has 0 bridgehead atoms. The van der Waals surface area contributed by atoms with E-state index in [1.807, 2.05) is 19.1 Å². The smallest absolute Gasteiger partial charge is 0.225 e. The first-order valence-corrected chi connectivity index (χ1v) is 6.96. The van der Waals surface area contributed by atoms with Gasteiger partial charge in [-0.1, -0.05) is 6.07 Å². The first kappa shape index (κ1) is 17.5. The van der Waals surface area contributed by atoms with Crippen molar-refractivity contribution >= 4 is 35.6 Å². The second-order valence-corrected chi connectivity index (χ2v) is 5.28. The topological polar surface area (TPSA) is 70.2 Å². The van der Waals surface area contributed by atoms with Gasteiger partial charge in [0.2, 0.25) is 11.8 Å². The molecule has 1 heterocycles. The van der Waals surface area contributed by atoms with E-state index in [0.717, 1.165) is 24.9 Å². The molecule has 1 aromatic carbocycles. The Labute approximate surface area is 131 Å². The minimum atomic E-state index is -0.151. The van der Waals surface area contributed by atoms with Gasteiger partial charge in [-0.25, -0.2) is 0 Å². The lowest BCUT2D eigenvalue weighted by atomic mass is 10.1. The van der Waals surface area contributed by atoms with Crippen LogP contribution in [0.1, 0.15) is 31.7 Å². The van der Waals surface area contributed by atoms with Gasteiger partial charge in [0.25, 0.3) is 0 Å². The quantitative estimate of drug-likeness (QED) is 0.800. The van der Waals surface area contributed by atoms with Crippen molar-refractivity contribution < 1.29 is 9.59 Å². The summed E-state index contributed by atoms with van der Waals surface area (Å²) in [6.45, 7) is 4.39. The third-order valence-corrected chi connectivity index (χ3v) is 3.35. The lowest BCUT2D eigenvalue weighted by Crippen LogP contribution is -2.27. The van der Waals surface area contributed by atoms with Crippen molar-refractivity contribution in [2.75, 3.05) is 17.2 Å². The zero-order valence-corrected chi connectivity index (χ0v) is 13.2. The van der Waals surface area contributed by atoms with E-state index in [0.29, 0.717) is 17.8 Å². The van der Waals surface area contributed by atoms with E-state index in [2.05, 4.69) is 16.0 Å². The van der Waals surface area contributed by atoms with Crippen molar-refractivity contribution in [3.05, 3.63) is 23.8 Å². The molecule has 0 radical (unpaired) electrons. The number of benzene rings is 1. The van der Waals surface area contributed by atoms with E-state index in [9.17, 15) is 9.59 Å².